The Kier molecular flexibility index (Phi) is 3.52. The van der Waals surface area contributed by atoms with Crippen LogP contribution in [-0.2, 0) is 4.79 Å². The number of amides is 1. The maximum absolute atomic E-state index is 12.5. The summed E-state index contributed by atoms with van der Waals surface area (Å²) in [5.74, 6) is 3.60. The summed E-state index contributed by atoms with van der Waals surface area (Å²) >= 11 is 1.74. The van der Waals surface area contributed by atoms with E-state index in [0.717, 1.165) is 24.4 Å². The fraction of sp³-hybridized carbons (Fsp3) is 0.786. The number of carbonyl (C=O) groups excluding carboxylic acids is 1. The maximum atomic E-state index is 12.5. The zero-order chi connectivity index (χ0) is 14.3. The molecule has 1 unspecified atom stereocenters. The van der Waals surface area contributed by atoms with Crippen molar-refractivity contribution >= 4 is 17.7 Å². The minimum Gasteiger partial charge on any atom is -0.337 e. The Hall–Kier alpha value is -1.04. The van der Waals surface area contributed by atoms with Crippen molar-refractivity contribution in [2.75, 3.05) is 11.6 Å². The zero-order valence-corrected chi connectivity index (χ0v) is 13.1. The summed E-state index contributed by atoms with van der Waals surface area (Å²) in [6, 6.07) is -0.0620. The van der Waals surface area contributed by atoms with Gasteiger partial charge < -0.3 is 9.42 Å². The van der Waals surface area contributed by atoms with Gasteiger partial charge in [-0.05, 0) is 12.8 Å². The second-order valence-electron chi connectivity index (χ2n) is 6.66. The molecule has 0 aromatic carbocycles. The quantitative estimate of drug-likeness (QED) is 0.839. The van der Waals surface area contributed by atoms with Gasteiger partial charge in [0.05, 0.1) is 5.88 Å². The SMILES string of the molecule is CC(C)(C)C(=O)N1CSCC1c1nc(C2CCC2)no1. The van der Waals surface area contributed by atoms with E-state index in [4.69, 9.17) is 4.52 Å². The molecule has 6 heteroatoms. The Labute approximate surface area is 123 Å². The highest BCUT2D eigenvalue weighted by molar-refractivity contribution is 7.99. The predicted octanol–water partition coefficient (Wildman–Crippen LogP) is 2.96. The molecule has 3 rings (SSSR count). The number of nitrogens with zero attached hydrogens (tertiary/aromatic N) is 3. The second-order valence-corrected chi connectivity index (χ2v) is 7.66. The first-order valence-corrected chi connectivity index (χ1v) is 8.34. The van der Waals surface area contributed by atoms with Crippen LogP contribution in [-0.4, -0.2) is 32.6 Å². The molecule has 1 atom stereocenters. The summed E-state index contributed by atoms with van der Waals surface area (Å²) in [6.07, 6.45) is 3.56. The maximum Gasteiger partial charge on any atom is 0.250 e. The van der Waals surface area contributed by atoms with Crippen molar-refractivity contribution in [1.29, 1.82) is 0 Å². The van der Waals surface area contributed by atoms with E-state index in [9.17, 15) is 4.79 Å². The van der Waals surface area contributed by atoms with Gasteiger partial charge in [0.2, 0.25) is 11.8 Å². The molecule has 2 aliphatic rings. The standard InChI is InChI=1S/C14H21N3O2S/c1-14(2,3)13(18)17-8-20-7-10(17)12-15-11(16-19-12)9-5-4-6-9/h9-10H,4-8H2,1-3H3. The molecule has 1 aromatic heterocycles. The van der Waals surface area contributed by atoms with Gasteiger partial charge in [-0.15, -0.1) is 11.8 Å². The number of hydrogen-bond acceptors (Lipinski definition) is 5. The van der Waals surface area contributed by atoms with Crippen molar-refractivity contribution < 1.29 is 9.32 Å². The third-order valence-corrected chi connectivity index (χ3v) is 5.01. The van der Waals surface area contributed by atoms with Crippen LogP contribution in [0.5, 0.6) is 0 Å². The molecule has 110 valence electrons. The molecule has 1 amide bonds. The Morgan fingerprint density at radius 2 is 2.15 bits per heavy atom. The summed E-state index contributed by atoms with van der Waals surface area (Å²) in [4.78, 5) is 18.9. The highest BCUT2D eigenvalue weighted by Gasteiger charge is 2.39. The van der Waals surface area contributed by atoms with E-state index in [2.05, 4.69) is 10.1 Å². The summed E-state index contributed by atoms with van der Waals surface area (Å²) < 4.78 is 5.43. The van der Waals surface area contributed by atoms with Gasteiger partial charge in [-0.3, -0.25) is 4.79 Å². The minimum atomic E-state index is -0.375. The molecule has 0 spiro atoms. The molecule has 0 N–H and O–H groups in total. The van der Waals surface area contributed by atoms with E-state index in [1.54, 1.807) is 11.8 Å². The van der Waals surface area contributed by atoms with Crippen LogP contribution in [0.4, 0.5) is 0 Å². The van der Waals surface area contributed by atoms with Gasteiger partial charge in [-0.25, -0.2) is 0 Å². The second kappa shape index (κ2) is 5.06. The van der Waals surface area contributed by atoms with E-state index in [-0.39, 0.29) is 17.4 Å². The molecule has 1 saturated heterocycles. The summed E-state index contributed by atoms with van der Waals surface area (Å²) in [5.41, 5.74) is -0.375. The average molecular weight is 295 g/mol. The lowest BCUT2D eigenvalue weighted by molar-refractivity contribution is -0.140. The smallest absolute Gasteiger partial charge is 0.250 e. The average Bonchev–Trinajstić information content (AvgIpc) is 2.91. The molecule has 2 fully saturated rings. The topological polar surface area (TPSA) is 59.2 Å². The van der Waals surface area contributed by atoms with Crippen molar-refractivity contribution in [2.45, 2.75) is 52.0 Å². The molecule has 2 heterocycles. The van der Waals surface area contributed by atoms with E-state index in [1.165, 1.54) is 6.42 Å². The third kappa shape index (κ3) is 2.45. The van der Waals surface area contributed by atoms with Crippen LogP contribution < -0.4 is 0 Å². The zero-order valence-electron chi connectivity index (χ0n) is 12.3. The van der Waals surface area contributed by atoms with Gasteiger partial charge in [0.25, 0.3) is 0 Å². The predicted molar refractivity (Wildman–Crippen MR) is 77.3 cm³/mol. The van der Waals surface area contributed by atoms with Crippen LogP contribution >= 0.6 is 11.8 Å². The van der Waals surface area contributed by atoms with Crippen molar-refractivity contribution in [3.05, 3.63) is 11.7 Å². The van der Waals surface area contributed by atoms with Crippen LogP contribution in [0.25, 0.3) is 0 Å². The highest BCUT2D eigenvalue weighted by Crippen LogP contribution is 2.38. The fourth-order valence-electron chi connectivity index (χ4n) is 2.49. The lowest BCUT2D eigenvalue weighted by Crippen LogP contribution is -2.39. The van der Waals surface area contributed by atoms with Crippen LogP contribution in [0.2, 0.25) is 0 Å². The normalized spacial score (nSPS) is 23.9. The Morgan fingerprint density at radius 1 is 1.40 bits per heavy atom. The third-order valence-electron chi connectivity index (χ3n) is 4.00. The first kappa shape index (κ1) is 13.9. The molecule has 1 aliphatic carbocycles. The molecule has 1 saturated carbocycles. The van der Waals surface area contributed by atoms with Crippen LogP contribution in [0, 0.1) is 5.41 Å². The Bertz CT molecular complexity index is 505. The van der Waals surface area contributed by atoms with E-state index in [1.807, 2.05) is 25.7 Å². The van der Waals surface area contributed by atoms with Gasteiger partial charge in [-0.2, -0.15) is 4.98 Å². The van der Waals surface area contributed by atoms with Gasteiger partial charge in [0.1, 0.15) is 6.04 Å². The van der Waals surface area contributed by atoms with Crippen LogP contribution in [0.15, 0.2) is 4.52 Å². The van der Waals surface area contributed by atoms with Crippen molar-refractivity contribution in [3.63, 3.8) is 0 Å². The van der Waals surface area contributed by atoms with Gasteiger partial charge in [0, 0.05) is 17.1 Å². The lowest BCUT2D eigenvalue weighted by Gasteiger charge is -2.28. The molecule has 1 aromatic rings. The Balaban J connectivity index is 1.78. The number of rotatable bonds is 2. The minimum absolute atomic E-state index is 0.0620. The lowest BCUT2D eigenvalue weighted by atomic mass is 9.85. The van der Waals surface area contributed by atoms with Crippen LogP contribution in [0.1, 0.15) is 63.7 Å². The van der Waals surface area contributed by atoms with E-state index in [0.29, 0.717) is 17.7 Å². The molecule has 1 aliphatic heterocycles. The largest absolute Gasteiger partial charge is 0.337 e. The first-order valence-electron chi connectivity index (χ1n) is 7.19. The fourth-order valence-corrected chi connectivity index (χ4v) is 3.64. The highest BCUT2D eigenvalue weighted by atomic mass is 32.2. The summed E-state index contributed by atoms with van der Waals surface area (Å²) in [5, 5.41) is 4.11. The van der Waals surface area contributed by atoms with Gasteiger partial charge in [-0.1, -0.05) is 32.3 Å². The molecule has 20 heavy (non-hydrogen) atoms. The van der Waals surface area contributed by atoms with Gasteiger partial charge in [0.15, 0.2) is 5.82 Å². The Morgan fingerprint density at radius 3 is 2.75 bits per heavy atom. The summed E-state index contributed by atoms with van der Waals surface area (Å²) in [6.45, 7) is 5.84. The number of hydrogen-bond donors (Lipinski definition) is 0. The van der Waals surface area contributed by atoms with Crippen LogP contribution in [0.3, 0.4) is 0 Å². The van der Waals surface area contributed by atoms with Crippen molar-refractivity contribution in [1.82, 2.24) is 15.0 Å². The first-order chi connectivity index (χ1) is 9.47. The molecular formula is C14H21N3O2S. The summed E-state index contributed by atoms with van der Waals surface area (Å²) in [7, 11) is 0. The van der Waals surface area contributed by atoms with E-state index >= 15 is 0 Å². The number of aromatic nitrogens is 2. The van der Waals surface area contributed by atoms with Crippen molar-refractivity contribution in [3.8, 4) is 0 Å². The molecule has 5 nitrogen and oxygen atoms in total. The molecule has 0 radical (unpaired) electrons. The van der Waals surface area contributed by atoms with E-state index < -0.39 is 0 Å². The monoisotopic (exact) mass is 295 g/mol. The number of thioether (sulfide) groups is 1. The van der Waals surface area contributed by atoms with Gasteiger partial charge >= 0.3 is 0 Å². The van der Waals surface area contributed by atoms with Crippen molar-refractivity contribution in [2.24, 2.45) is 5.41 Å². The molecule has 0 bridgehead atoms. The number of carbonyl (C=O) groups is 1. The molecular weight excluding hydrogens is 274 g/mol.